The highest BCUT2D eigenvalue weighted by Gasteiger charge is 2.33. The first-order valence-electron chi connectivity index (χ1n) is 16.8. The van der Waals surface area contributed by atoms with Crippen LogP contribution in [0, 0.1) is 19.3 Å². The minimum absolute atomic E-state index is 0.0806. The molecule has 2 aromatic carbocycles. The normalized spacial score (nSPS) is 20.9. The van der Waals surface area contributed by atoms with Gasteiger partial charge in [-0.1, -0.05) is 45.0 Å². The number of anilines is 2. The van der Waals surface area contributed by atoms with Gasteiger partial charge in [0.25, 0.3) is 15.9 Å². The fourth-order valence-corrected chi connectivity index (χ4v) is 7.96. The third-order valence-corrected chi connectivity index (χ3v) is 10.6. The van der Waals surface area contributed by atoms with Crippen molar-refractivity contribution in [2.45, 2.75) is 97.3 Å². The van der Waals surface area contributed by atoms with Crippen molar-refractivity contribution in [2.75, 3.05) is 16.2 Å². The molecule has 4 aromatic rings. The Labute approximate surface area is 289 Å². The Bertz CT molecular complexity index is 1930. The van der Waals surface area contributed by atoms with E-state index in [1.165, 1.54) is 12.1 Å². The van der Waals surface area contributed by atoms with Gasteiger partial charge in [0.15, 0.2) is 0 Å². The summed E-state index contributed by atoms with van der Waals surface area (Å²) in [4.78, 5) is 36.9. The zero-order valence-electron chi connectivity index (χ0n) is 29.3. The molecule has 3 atom stereocenters. The Balaban J connectivity index is 1.44. The molecule has 12 heteroatoms. The zero-order chi connectivity index (χ0) is 35.1. The minimum atomic E-state index is -4.17. The molecule has 0 saturated carbocycles. The van der Waals surface area contributed by atoms with Crippen LogP contribution in [0.4, 0.5) is 11.6 Å². The maximum Gasteiger partial charge on any atom is 0.264 e. The van der Waals surface area contributed by atoms with E-state index in [0.29, 0.717) is 30.0 Å². The summed E-state index contributed by atoms with van der Waals surface area (Å²) in [6, 6.07) is 14.0. The van der Waals surface area contributed by atoms with Gasteiger partial charge in [0.2, 0.25) is 11.8 Å². The number of benzene rings is 2. The van der Waals surface area contributed by atoms with Crippen LogP contribution in [-0.2, 0) is 16.6 Å². The van der Waals surface area contributed by atoms with Gasteiger partial charge in [-0.25, -0.2) is 28.1 Å². The van der Waals surface area contributed by atoms with Gasteiger partial charge >= 0.3 is 0 Å². The lowest BCUT2D eigenvalue weighted by Gasteiger charge is -2.35. The fourth-order valence-electron chi connectivity index (χ4n) is 6.97. The molecule has 1 saturated heterocycles. The lowest BCUT2D eigenvalue weighted by atomic mass is 9.87. The quantitative estimate of drug-likeness (QED) is 0.248. The van der Waals surface area contributed by atoms with Crippen molar-refractivity contribution >= 4 is 27.6 Å². The number of fused-ring (bicyclic) bond motifs is 4. The van der Waals surface area contributed by atoms with Gasteiger partial charge in [0, 0.05) is 29.3 Å². The monoisotopic (exact) mass is 683 g/mol. The number of nitrogens with zero attached hydrogens (tertiary/aromatic N) is 6. The molecule has 4 heterocycles. The summed E-state index contributed by atoms with van der Waals surface area (Å²) in [5, 5.41) is 0. The highest BCUT2D eigenvalue weighted by Crippen LogP contribution is 2.33. The Morgan fingerprint density at radius 2 is 1.59 bits per heavy atom. The SMILES string of the molecule is Cc1cccc(C)c1-c1cc2nc(n1)NS(=O)(=O)c1cccc(c1)C(=O)N(Cc1ncc(N3[C@H](C)CC[C@@H]3C)cn1)[C@H](CC(C)(C)C)CO2. The van der Waals surface area contributed by atoms with E-state index in [2.05, 4.69) is 54.2 Å². The van der Waals surface area contributed by atoms with Crippen molar-refractivity contribution in [3.8, 4) is 17.1 Å². The van der Waals surface area contributed by atoms with Crippen LogP contribution in [0.25, 0.3) is 11.3 Å². The Morgan fingerprint density at radius 3 is 2.24 bits per heavy atom. The summed E-state index contributed by atoms with van der Waals surface area (Å²) in [5.41, 5.74) is 4.33. The highest BCUT2D eigenvalue weighted by atomic mass is 32.2. The molecular weight excluding hydrogens is 639 g/mol. The molecule has 0 radical (unpaired) electrons. The number of carbonyl (C=O) groups is 1. The van der Waals surface area contributed by atoms with E-state index >= 15 is 0 Å². The molecule has 49 heavy (non-hydrogen) atoms. The third-order valence-electron chi connectivity index (χ3n) is 9.28. The second kappa shape index (κ2) is 13.4. The van der Waals surface area contributed by atoms with E-state index in [9.17, 15) is 13.2 Å². The second-order valence-electron chi connectivity index (χ2n) is 14.5. The second-order valence-corrected chi connectivity index (χ2v) is 16.2. The van der Waals surface area contributed by atoms with Gasteiger partial charge in [-0.2, -0.15) is 4.98 Å². The molecule has 0 aliphatic carbocycles. The first kappa shape index (κ1) is 34.3. The number of rotatable bonds is 5. The predicted octanol–water partition coefficient (Wildman–Crippen LogP) is 6.57. The van der Waals surface area contributed by atoms with Crippen LogP contribution in [-0.4, -0.2) is 63.9 Å². The standard InChI is InChI=1S/C37H45N7O4S/c1-23-10-8-11-24(2)34(23)31-17-33-41-36(40-31)42-49(46,47)30-13-9-12-27(16-30)35(45)43(28(22-48-33)18-37(5,6)7)21-32-38-19-29(20-39-32)44-25(3)14-15-26(44)4/h8-13,16-17,19-20,25-26,28H,14-15,18,21-22H2,1-7H3,(H,40,41,42)/t25-,26+,28-/m1/s1. The van der Waals surface area contributed by atoms with E-state index < -0.39 is 16.1 Å². The van der Waals surface area contributed by atoms with Crippen LogP contribution in [0.2, 0.25) is 0 Å². The molecule has 258 valence electrons. The van der Waals surface area contributed by atoms with Crippen LogP contribution in [0.3, 0.4) is 0 Å². The fraction of sp³-hybridized carbons (Fsp3) is 0.432. The molecule has 11 nitrogen and oxygen atoms in total. The molecule has 6 rings (SSSR count). The van der Waals surface area contributed by atoms with Gasteiger partial charge in [-0.15, -0.1) is 0 Å². The molecule has 1 fully saturated rings. The number of sulfonamides is 1. The summed E-state index contributed by atoms with van der Waals surface area (Å²) < 4.78 is 36.3. The van der Waals surface area contributed by atoms with Crippen molar-refractivity contribution in [3.63, 3.8) is 0 Å². The van der Waals surface area contributed by atoms with E-state index in [-0.39, 0.29) is 46.8 Å². The number of aromatic nitrogens is 4. The van der Waals surface area contributed by atoms with Gasteiger partial charge in [0.1, 0.15) is 12.4 Å². The summed E-state index contributed by atoms with van der Waals surface area (Å²) >= 11 is 0. The summed E-state index contributed by atoms with van der Waals surface area (Å²) in [7, 11) is -4.17. The molecular formula is C37H45N7O4S. The first-order valence-corrected chi connectivity index (χ1v) is 18.3. The number of amides is 1. The topological polar surface area (TPSA) is 131 Å². The lowest BCUT2D eigenvalue weighted by molar-refractivity contribution is 0.0505. The largest absolute Gasteiger partial charge is 0.475 e. The number of hydrogen-bond donors (Lipinski definition) is 1. The maximum atomic E-state index is 14.5. The third kappa shape index (κ3) is 7.54. The van der Waals surface area contributed by atoms with Crippen LogP contribution >= 0.6 is 0 Å². The molecule has 1 amide bonds. The van der Waals surface area contributed by atoms with Gasteiger partial charge in [-0.05, 0) is 81.7 Å². The number of aryl methyl sites for hydroxylation is 2. The Morgan fingerprint density at radius 1 is 0.939 bits per heavy atom. The molecule has 2 aliphatic heterocycles. The van der Waals surface area contributed by atoms with Crippen molar-refractivity contribution in [3.05, 3.63) is 83.4 Å². The van der Waals surface area contributed by atoms with Crippen molar-refractivity contribution in [1.82, 2.24) is 24.8 Å². The van der Waals surface area contributed by atoms with Crippen LogP contribution < -0.4 is 14.4 Å². The van der Waals surface area contributed by atoms with Crippen LogP contribution in [0.15, 0.2) is 65.8 Å². The number of nitrogens with one attached hydrogen (secondary N) is 1. The van der Waals surface area contributed by atoms with Crippen molar-refractivity contribution in [1.29, 1.82) is 0 Å². The molecule has 1 N–H and O–H groups in total. The van der Waals surface area contributed by atoms with Gasteiger partial charge in [0.05, 0.1) is 41.3 Å². The van der Waals surface area contributed by atoms with Crippen LogP contribution in [0.1, 0.15) is 81.2 Å². The van der Waals surface area contributed by atoms with E-state index in [0.717, 1.165) is 35.2 Å². The highest BCUT2D eigenvalue weighted by molar-refractivity contribution is 7.92. The van der Waals surface area contributed by atoms with Crippen molar-refractivity contribution < 1.29 is 17.9 Å². The first-order chi connectivity index (χ1) is 23.2. The predicted molar refractivity (Wildman–Crippen MR) is 190 cm³/mol. The van der Waals surface area contributed by atoms with Crippen LogP contribution in [0.5, 0.6) is 5.88 Å². The lowest BCUT2D eigenvalue weighted by Crippen LogP contribution is -2.45. The molecule has 0 spiro atoms. The number of hydrogen-bond acceptors (Lipinski definition) is 9. The number of carbonyl (C=O) groups excluding carboxylic acids is 1. The van der Waals surface area contributed by atoms with Gasteiger partial charge < -0.3 is 14.5 Å². The van der Waals surface area contributed by atoms with E-state index in [4.69, 9.17) is 14.7 Å². The van der Waals surface area contributed by atoms with E-state index in [1.807, 2.05) is 44.4 Å². The molecule has 2 aromatic heterocycles. The van der Waals surface area contributed by atoms with Gasteiger partial charge in [-0.3, -0.25) is 4.79 Å². The van der Waals surface area contributed by atoms with Crippen molar-refractivity contribution in [2.24, 2.45) is 5.41 Å². The summed E-state index contributed by atoms with van der Waals surface area (Å²) in [6.07, 6.45) is 6.47. The summed E-state index contributed by atoms with van der Waals surface area (Å²) in [5.74, 6) is 0.201. The Kier molecular flexibility index (Phi) is 9.36. The summed E-state index contributed by atoms with van der Waals surface area (Å²) in [6.45, 7) is 14.9. The molecule has 4 bridgehead atoms. The smallest absolute Gasteiger partial charge is 0.264 e. The molecule has 0 unspecified atom stereocenters. The zero-order valence-corrected chi connectivity index (χ0v) is 30.1. The maximum absolute atomic E-state index is 14.5. The Hall–Kier alpha value is -4.58. The minimum Gasteiger partial charge on any atom is -0.475 e. The number of ether oxygens (including phenoxy) is 1. The van der Waals surface area contributed by atoms with E-state index in [1.54, 1.807) is 23.1 Å². The average molecular weight is 684 g/mol. The molecule has 2 aliphatic rings. The average Bonchev–Trinajstić information content (AvgIpc) is 3.38.